The van der Waals surface area contributed by atoms with Gasteiger partial charge >= 0.3 is 6.03 Å². The lowest BCUT2D eigenvalue weighted by Crippen LogP contribution is -2.70. The Labute approximate surface area is 148 Å². The molecule has 0 aliphatic heterocycles. The maximum absolute atomic E-state index is 12.7. The number of hydrogen-bond acceptors (Lipinski definition) is 3. The van der Waals surface area contributed by atoms with Crippen LogP contribution in [0.2, 0.25) is 0 Å². The molecule has 0 heterocycles. The first-order valence-corrected chi connectivity index (χ1v) is 8.60. The Balaban J connectivity index is 1.79. The summed E-state index contributed by atoms with van der Waals surface area (Å²) in [6.07, 6.45) is 3.12. The second-order valence-electron chi connectivity index (χ2n) is 7.84. The SMILES string of the molecule is CC(C)(C#N)c1cccc(CN(C(=O)CNC(N)=O)C23CC(C2)C3)c1. The number of amides is 3. The van der Waals surface area contributed by atoms with Crippen LogP contribution in [0.5, 0.6) is 0 Å². The minimum atomic E-state index is -0.691. The summed E-state index contributed by atoms with van der Waals surface area (Å²) in [5.41, 5.74) is 6.40. The molecule has 3 fully saturated rings. The van der Waals surface area contributed by atoms with Crippen LogP contribution >= 0.6 is 0 Å². The summed E-state index contributed by atoms with van der Waals surface area (Å²) >= 11 is 0. The van der Waals surface area contributed by atoms with E-state index in [-0.39, 0.29) is 18.0 Å². The van der Waals surface area contributed by atoms with Gasteiger partial charge in [0.2, 0.25) is 5.91 Å². The molecule has 0 atom stereocenters. The summed E-state index contributed by atoms with van der Waals surface area (Å²) in [4.78, 5) is 25.5. The highest BCUT2D eigenvalue weighted by molar-refractivity contribution is 5.84. The lowest BCUT2D eigenvalue weighted by Gasteiger charge is -2.66. The quantitative estimate of drug-likeness (QED) is 0.829. The van der Waals surface area contributed by atoms with Crippen molar-refractivity contribution in [1.82, 2.24) is 10.2 Å². The van der Waals surface area contributed by atoms with Gasteiger partial charge in [-0.1, -0.05) is 24.3 Å². The Kier molecular flexibility index (Phi) is 4.19. The molecular formula is C19H24N4O2. The highest BCUT2D eigenvalue weighted by atomic mass is 16.2. The van der Waals surface area contributed by atoms with Crippen LogP contribution < -0.4 is 11.1 Å². The Morgan fingerprint density at radius 2 is 2.08 bits per heavy atom. The predicted molar refractivity (Wildman–Crippen MR) is 93.3 cm³/mol. The molecular weight excluding hydrogens is 316 g/mol. The number of carbonyl (C=O) groups excluding carboxylic acids is 2. The zero-order valence-electron chi connectivity index (χ0n) is 14.7. The Bertz CT molecular complexity index is 733. The van der Waals surface area contributed by atoms with Crippen molar-refractivity contribution in [1.29, 1.82) is 5.26 Å². The van der Waals surface area contributed by atoms with E-state index in [1.54, 1.807) is 0 Å². The molecule has 3 saturated carbocycles. The molecule has 4 rings (SSSR count). The summed E-state index contributed by atoms with van der Waals surface area (Å²) in [5, 5.41) is 11.7. The number of rotatable bonds is 6. The number of primary amides is 1. The van der Waals surface area contributed by atoms with Gasteiger partial charge in [-0.25, -0.2) is 4.79 Å². The van der Waals surface area contributed by atoms with E-state index in [0.717, 1.165) is 36.3 Å². The monoisotopic (exact) mass is 340 g/mol. The Morgan fingerprint density at radius 1 is 1.40 bits per heavy atom. The van der Waals surface area contributed by atoms with E-state index in [1.165, 1.54) is 0 Å². The Hall–Kier alpha value is -2.55. The highest BCUT2D eigenvalue weighted by Gasteiger charge is 2.61. The van der Waals surface area contributed by atoms with E-state index in [2.05, 4.69) is 11.4 Å². The van der Waals surface area contributed by atoms with Crippen molar-refractivity contribution in [2.45, 2.75) is 50.6 Å². The van der Waals surface area contributed by atoms with E-state index in [1.807, 2.05) is 43.0 Å². The van der Waals surface area contributed by atoms with Gasteiger partial charge in [0.05, 0.1) is 18.0 Å². The number of nitriles is 1. The molecule has 25 heavy (non-hydrogen) atoms. The summed E-state index contributed by atoms with van der Waals surface area (Å²) in [5.74, 6) is 0.630. The first kappa shape index (κ1) is 17.3. The van der Waals surface area contributed by atoms with Crippen molar-refractivity contribution in [3.05, 3.63) is 35.4 Å². The van der Waals surface area contributed by atoms with Crippen molar-refractivity contribution >= 4 is 11.9 Å². The average molecular weight is 340 g/mol. The molecule has 0 saturated heterocycles. The maximum atomic E-state index is 12.7. The number of nitrogens with two attached hydrogens (primary N) is 1. The lowest BCUT2D eigenvalue weighted by atomic mass is 9.49. The van der Waals surface area contributed by atoms with Gasteiger partial charge in [-0.15, -0.1) is 0 Å². The Morgan fingerprint density at radius 3 is 2.60 bits per heavy atom. The zero-order valence-corrected chi connectivity index (χ0v) is 14.7. The molecule has 6 nitrogen and oxygen atoms in total. The van der Waals surface area contributed by atoms with E-state index < -0.39 is 11.4 Å². The van der Waals surface area contributed by atoms with Gasteiger partial charge in [-0.05, 0) is 50.2 Å². The summed E-state index contributed by atoms with van der Waals surface area (Å²) in [7, 11) is 0. The van der Waals surface area contributed by atoms with Crippen LogP contribution in [0, 0.1) is 17.2 Å². The van der Waals surface area contributed by atoms with Crippen molar-refractivity contribution in [3.8, 4) is 6.07 Å². The third kappa shape index (κ3) is 3.19. The van der Waals surface area contributed by atoms with Crippen LogP contribution in [0.15, 0.2) is 24.3 Å². The highest BCUT2D eigenvalue weighted by Crippen LogP contribution is 2.60. The molecule has 3 amide bonds. The van der Waals surface area contributed by atoms with Gasteiger partial charge in [-0.3, -0.25) is 4.79 Å². The van der Waals surface area contributed by atoms with Crippen LogP contribution in [-0.4, -0.2) is 28.9 Å². The van der Waals surface area contributed by atoms with Crippen molar-refractivity contribution in [2.24, 2.45) is 11.7 Å². The number of nitrogens with one attached hydrogen (secondary N) is 1. The molecule has 3 aliphatic rings. The molecule has 0 radical (unpaired) electrons. The molecule has 6 heteroatoms. The van der Waals surface area contributed by atoms with Gasteiger partial charge in [0.15, 0.2) is 0 Å². The second-order valence-corrected chi connectivity index (χ2v) is 7.84. The van der Waals surface area contributed by atoms with Crippen LogP contribution in [0.25, 0.3) is 0 Å². The van der Waals surface area contributed by atoms with Crippen LogP contribution in [0.1, 0.15) is 44.2 Å². The van der Waals surface area contributed by atoms with Gasteiger partial charge < -0.3 is 16.0 Å². The first-order valence-electron chi connectivity index (χ1n) is 8.60. The molecule has 1 aromatic rings. The van der Waals surface area contributed by atoms with E-state index >= 15 is 0 Å². The minimum absolute atomic E-state index is 0.0537. The van der Waals surface area contributed by atoms with Gasteiger partial charge in [0.25, 0.3) is 0 Å². The number of nitrogens with zero attached hydrogens (tertiary/aromatic N) is 2. The summed E-state index contributed by atoms with van der Waals surface area (Å²) in [6.45, 7) is 4.17. The maximum Gasteiger partial charge on any atom is 0.312 e. The van der Waals surface area contributed by atoms with E-state index in [4.69, 9.17) is 5.73 Å². The standard InChI is InChI=1S/C19H24N4O2/c1-18(2,12-20)15-5-3-4-13(6-15)11-23(16(24)10-22-17(21)25)19-7-14(8-19)9-19/h3-6,14H,7-11H2,1-2H3,(H3,21,22,25). The molecule has 0 aromatic heterocycles. The van der Waals surface area contributed by atoms with Crippen molar-refractivity contribution < 1.29 is 9.59 Å². The van der Waals surface area contributed by atoms with E-state index in [0.29, 0.717) is 6.54 Å². The largest absolute Gasteiger partial charge is 0.352 e. The minimum Gasteiger partial charge on any atom is -0.352 e. The van der Waals surface area contributed by atoms with Crippen LogP contribution in [0.4, 0.5) is 4.79 Å². The number of carbonyl (C=O) groups is 2. The number of urea groups is 1. The smallest absolute Gasteiger partial charge is 0.312 e. The molecule has 0 unspecified atom stereocenters. The van der Waals surface area contributed by atoms with Crippen LogP contribution in [0.3, 0.4) is 0 Å². The fourth-order valence-corrected chi connectivity index (χ4v) is 3.85. The van der Waals surface area contributed by atoms with Crippen molar-refractivity contribution in [2.75, 3.05) is 6.54 Å². The predicted octanol–water partition coefficient (Wildman–Crippen LogP) is 2.04. The molecule has 132 valence electrons. The van der Waals surface area contributed by atoms with Crippen LogP contribution in [-0.2, 0) is 16.8 Å². The third-order valence-corrected chi connectivity index (χ3v) is 5.56. The molecule has 1 aromatic carbocycles. The molecule has 3 aliphatic carbocycles. The fourth-order valence-electron chi connectivity index (χ4n) is 3.85. The number of benzene rings is 1. The van der Waals surface area contributed by atoms with E-state index in [9.17, 15) is 14.9 Å². The van der Waals surface area contributed by atoms with Crippen molar-refractivity contribution in [3.63, 3.8) is 0 Å². The van der Waals surface area contributed by atoms with Gasteiger partial charge in [0, 0.05) is 12.1 Å². The second kappa shape index (κ2) is 6.07. The first-order chi connectivity index (χ1) is 11.8. The molecule has 0 spiro atoms. The fraction of sp³-hybridized carbons (Fsp3) is 0.526. The summed E-state index contributed by atoms with van der Waals surface area (Å²) in [6, 6.07) is 9.46. The number of hydrogen-bond donors (Lipinski definition) is 2. The van der Waals surface area contributed by atoms with Gasteiger partial charge in [0.1, 0.15) is 0 Å². The van der Waals surface area contributed by atoms with Gasteiger partial charge in [-0.2, -0.15) is 5.26 Å². The topological polar surface area (TPSA) is 99.2 Å². The zero-order chi connectivity index (χ0) is 18.2. The average Bonchev–Trinajstić information content (AvgIpc) is 2.49. The molecule has 2 bridgehead atoms. The summed E-state index contributed by atoms with van der Waals surface area (Å²) < 4.78 is 0. The molecule has 3 N–H and O–H groups in total. The third-order valence-electron chi connectivity index (χ3n) is 5.56. The normalized spacial score (nSPS) is 23.6. The lowest BCUT2D eigenvalue weighted by molar-refractivity contribution is -0.173.